The van der Waals surface area contributed by atoms with E-state index in [0.717, 1.165) is 0 Å². The van der Waals surface area contributed by atoms with Crippen molar-refractivity contribution in [2.45, 2.75) is 13.8 Å². The third-order valence-corrected chi connectivity index (χ3v) is 7.77. The first-order valence-electron chi connectivity index (χ1n) is 5.78. The van der Waals surface area contributed by atoms with Gasteiger partial charge in [-0.2, -0.15) is 0 Å². The lowest BCUT2D eigenvalue weighted by Gasteiger charge is -2.20. The van der Waals surface area contributed by atoms with Crippen molar-refractivity contribution in [1.29, 1.82) is 0 Å². The molecule has 0 saturated heterocycles. The molecule has 112 valence electrons. The van der Waals surface area contributed by atoms with Gasteiger partial charge in [0.15, 0.2) is 0 Å². The summed E-state index contributed by atoms with van der Waals surface area (Å²) in [5.41, 5.74) is 0. The summed E-state index contributed by atoms with van der Waals surface area (Å²) in [6, 6.07) is 0. The number of rotatable bonds is 6. The Kier molecular flexibility index (Phi) is 10.6. The maximum absolute atomic E-state index is 11.4. The van der Waals surface area contributed by atoms with E-state index >= 15 is 0 Å². The molecule has 0 aliphatic carbocycles. The van der Waals surface area contributed by atoms with E-state index in [4.69, 9.17) is 9.05 Å². The molecule has 0 fully saturated rings. The second-order valence-electron chi connectivity index (χ2n) is 3.97. The molecule has 0 spiro atoms. The molecule has 0 aliphatic rings. The van der Waals surface area contributed by atoms with Crippen LogP contribution in [0.15, 0.2) is 0 Å². The average Bonchev–Trinajstić information content (AvgIpc) is 2.36. The molecule has 2 unspecified atom stereocenters. The zero-order valence-electron chi connectivity index (χ0n) is 12.8. The third-order valence-electron chi connectivity index (χ3n) is 2.59. The Balaban J connectivity index is 0. The van der Waals surface area contributed by atoms with E-state index in [0.29, 0.717) is 12.3 Å². The van der Waals surface area contributed by atoms with Crippen LogP contribution in [-0.2, 0) is 18.2 Å². The van der Waals surface area contributed by atoms with E-state index in [1.54, 1.807) is 37.5 Å². The fourth-order valence-electron chi connectivity index (χ4n) is 1.15. The second-order valence-corrected chi connectivity index (χ2v) is 10.1. The summed E-state index contributed by atoms with van der Waals surface area (Å²) in [7, 11) is 5.14. The zero-order valence-corrected chi connectivity index (χ0v) is 14.6. The lowest BCUT2D eigenvalue weighted by molar-refractivity contribution is 0.346. The summed E-state index contributed by atoms with van der Waals surface area (Å²) in [5.74, 6) is 0. The number of nitrogens with zero attached hydrogens (tertiary/aromatic N) is 2. The van der Waals surface area contributed by atoms with Crippen LogP contribution in [0.1, 0.15) is 13.8 Å². The van der Waals surface area contributed by atoms with Crippen molar-refractivity contribution in [2.75, 3.05) is 54.7 Å². The highest BCUT2D eigenvalue weighted by atomic mass is 31.2. The average molecular weight is 302 g/mol. The highest BCUT2D eigenvalue weighted by Gasteiger charge is 2.21. The third kappa shape index (κ3) is 6.46. The zero-order chi connectivity index (χ0) is 15.0. The Morgan fingerprint density at radius 3 is 1.00 bits per heavy atom. The van der Waals surface area contributed by atoms with Crippen LogP contribution < -0.4 is 0 Å². The van der Waals surface area contributed by atoms with Gasteiger partial charge in [0.25, 0.3) is 15.0 Å². The molecule has 18 heavy (non-hydrogen) atoms. The van der Waals surface area contributed by atoms with Gasteiger partial charge < -0.3 is 9.05 Å². The molecule has 2 atom stereocenters. The maximum Gasteiger partial charge on any atom is 0.271 e. The van der Waals surface area contributed by atoms with E-state index in [2.05, 4.69) is 0 Å². The summed E-state index contributed by atoms with van der Waals surface area (Å²) in [6.07, 6.45) is 1.13. The molecule has 0 aromatic carbocycles. The van der Waals surface area contributed by atoms with Crippen molar-refractivity contribution in [3.8, 4) is 0 Å². The lowest BCUT2D eigenvalue weighted by atomic mass is 11.0. The van der Waals surface area contributed by atoms with Crippen LogP contribution in [0, 0.1) is 0 Å². The Morgan fingerprint density at radius 2 is 1.00 bits per heavy atom. The maximum atomic E-state index is 11.4. The molecular weight excluding hydrogens is 274 g/mol. The molecule has 0 aromatic heterocycles. The highest BCUT2D eigenvalue weighted by Crippen LogP contribution is 2.47. The molecule has 0 aliphatic heterocycles. The van der Waals surface area contributed by atoms with E-state index in [1.807, 2.05) is 13.8 Å². The van der Waals surface area contributed by atoms with Crippen molar-refractivity contribution in [3.63, 3.8) is 0 Å². The van der Waals surface area contributed by atoms with Gasteiger partial charge in [-0.3, -0.25) is 9.13 Å². The lowest BCUT2D eigenvalue weighted by Crippen LogP contribution is -2.10. The first-order valence-corrected chi connectivity index (χ1v) is 9.31. The van der Waals surface area contributed by atoms with Crippen LogP contribution >= 0.6 is 15.0 Å². The molecule has 8 heteroatoms. The van der Waals surface area contributed by atoms with Gasteiger partial charge in [0.2, 0.25) is 0 Å². The summed E-state index contributed by atoms with van der Waals surface area (Å²) < 4.78 is 35.6. The van der Waals surface area contributed by atoms with Crippen LogP contribution in [0.2, 0.25) is 0 Å². The standard InChI is InChI=1S/2C5H14NO2P/c2*1-5-9(7,8-4)6(2)3/h2*5H2,1-4H3. The SMILES string of the molecule is CCP(=O)(OC)N(C)C.CCP(=O)(OC)N(C)C. The molecule has 0 rings (SSSR count). The Labute approximate surface area is 112 Å². The molecule has 0 aromatic rings. The molecular formula is C10H28N2O4P2. The number of hydrogen-bond acceptors (Lipinski definition) is 4. The quantitative estimate of drug-likeness (QED) is 0.703. The second kappa shape index (κ2) is 9.24. The van der Waals surface area contributed by atoms with Gasteiger partial charge in [-0.15, -0.1) is 0 Å². The monoisotopic (exact) mass is 302 g/mol. The molecule has 0 heterocycles. The Morgan fingerprint density at radius 1 is 0.778 bits per heavy atom. The van der Waals surface area contributed by atoms with Gasteiger partial charge in [-0.05, 0) is 28.2 Å². The smallest absolute Gasteiger partial charge is 0.271 e. The van der Waals surface area contributed by atoms with Crippen molar-refractivity contribution >= 4 is 15.0 Å². The largest absolute Gasteiger partial charge is 0.321 e. The molecule has 0 N–H and O–H groups in total. The predicted octanol–water partition coefficient (Wildman–Crippen LogP) is 2.81. The van der Waals surface area contributed by atoms with E-state index in [-0.39, 0.29) is 0 Å². The Hall–Kier alpha value is 0.300. The van der Waals surface area contributed by atoms with E-state index in [1.165, 1.54) is 14.2 Å². The van der Waals surface area contributed by atoms with Gasteiger partial charge >= 0.3 is 0 Å². The van der Waals surface area contributed by atoms with Crippen LogP contribution in [-0.4, -0.2) is 64.1 Å². The van der Waals surface area contributed by atoms with Crippen molar-refractivity contribution in [2.24, 2.45) is 0 Å². The Bertz CT molecular complexity index is 262. The predicted molar refractivity (Wildman–Crippen MR) is 77.7 cm³/mol. The van der Waals surface area contributed by atoms with Gasteiger partial charge in [0.1, 0.15) is 0 Å². The molecule has 0 bridgehead atoms. The molecule has 0 amide bonds. The van der Waals surface area contributed by atoms with Crippen LogP contribution in [0.4, 0.5) is 0 Å². The van der Waals surface area contributed by atoms with Crippen LogP contribution in [0.3, 0.4) is 0 Å². The molecule has 0 radical (unpaired) electrons. The fourth-order valence-corrected chi connectivity index (χ4v) is 3.45. The minimum Gasteiger partial charge on any atom is -0.321 e. The summed E-state index contributed by atoms with van der Waals surface area (Å²) in [5, 5.41) is 0. The van der Waals surface area contributed by atoms with E-state index < -0.39 is 15.0 Å². The van der Waals surface area contributed by atoms with Gasteiger partial charge in [-0.1, -0.05) is 13.8 Å². The number of hydrogen-bond donors (Lipinski definition) is 0. The van der Waals surface area contributed by atoms with Crippen molar-refractivity contribution < 1.29 is 18.2 Å². The van der Waals surface area contributed by atoms with Crippen molar-refractivity contribution in [3.05, 3.63) is 0 Å². The van der Waals surface area contributed by atoms with Gasteiger partial charge in [0.05, 0.1) is 0 Å². The molecule has 6 nitrogen and oxygen atoms in total. The van der Waals surface area contributed by atoms with Gasteiger partial charge in [0, 0.05) is 26.5 Å². The normalized spacial score (nSPS) is 17.9. The van der Waals surface area contributed by atoms with Crippen LogP contribution in [0.25, 0.3) is 0 Å². The minimum absolute atomic E-state index is 0.566. The first-order chi connectivity index (χ1) is 8.13. The minimum atomic E-state index is -2.42. The van der Waals surface area contributed by atoms with E-state index in [9.17, 15) is 9.13 Å². The van der Waals surface area contributed by atoms with Crippen molar-refractivity contribution in [1.82, 2.24) is 9.34 Å². The summed E-state index contributed by atoms with van der Waals surface area (Å²) in [4.78, 5) is 0. The summed E-state index contributed by atoms with van der Waals surface area (Å²) >= 11 is 0. The van der Waals surface area contributed by atoms with Gasteiger partial charge in [-0.25, -0.2) is 9.34 Å². The van der Waals surface area contributed by atoms with Crippen LogP contribution in [0.5, 0.6) is 0 Å². The highest BCUT2D eigenvalue weighted by molar-refractivity contribution is 7.56. The first kappa shape index (κ1) is 20.6. The topological polar surface area (TPSA) is 59.1 Å². The fraction of sp³-hybridized carbons (Fsp3) is 1.00. The summed E-state index contributed by atoms with van der Waals surface area (Å²) in [6.45, 7) is 3.70. The molecule has 0 saturated carbocycles.